The zero-order chi connectivity index (χ0) is 18.5. The van der Waals surface area contributed by atoms with Gasteiger partial charge in [-0.1, -0.05) is 51.0 Å². The van der Waals surface area contributed by atoms with E-state index >= 15 is 0 Å². The third kappa shape index (κ3) is 3.79. The third-order valence-electron chi connectivity index (χ3n) is 4.61. The van der Waals surface area contributed by atoms with E-state index < -0.39 is 0 Å². The molecule has 0 radical (unpaired) electrons. The molecule has 0 aliphatic heterocycles. The fourth-order valence-corrected chi connectivity index (χ4v) is 3.01. The van der Waals surface area contributed by atoms with E-state index in [0.717, 1.165) is 36.5 Å². The van der Waals surface area contributed by atoms with E-state index in [0.29, 0.717) is 35.3 Å². The van der Waals surface area contributed by atoms with Gasteiger partial charge in [0.05, 0.1) is 11.0 Å². The predicted molar refractivity (Wildman–Crippen MR) is 105 cm³/mol. The summed E-state index contributed by atoms with van der Waals surface area (Å²) in [4.78, 5) is 33.9. The molecule has 0 spiro atoms. The van der Waals surface area contributed by atoms with E-state index in [9.17, 15) is 9.59 Å². The topological polar surface area (TPSA) is 59.9 Å². The Morgan fingerprint density at radius 2 is 1.08 bits per heavy atom. The van der Waals surface area contributed by atoms with E-state index in [1.54, 1.807) is 12.1 Å². The number of carbonyl (C=O) groups excluding carboxylic acids is 2. The van der Waals surface area contributed by atoms with Crippen LogP contribution in [0.5, 0.6) is 0 Å². The zero-order valence-electron chi connectivity index (χ0n) is 15.4. The molecule has 0 amide bonds. The minimum absolute atomic E-state index is 0.0564. The highest BCUT2D eigenvalue weighted by Gasteiger charge is 2.13. The van der Waals surface area contributed by atoms with Crippen LogP contribution in [0.15, 0.2) is 36.4 Å². The molecule has 0 bridgehead atoms. The summed E-state index contributed by atoms with van der Waals surface area (Å²) >= 11 is 0. The van der Waals surface area contributed by atoms with Crippen LogP contribution in [-0.4, -0.2) is 21.5 Å². The van der Waals surface area contributed by atoms with E-state index in [4.69, 9.17) is 0 Å². The van der Waals surface area contributed by atoms with Crippen molar-refractivity contribution in [3.63, 3.8) is 0 Å². The first kappa shape index (κ1) is 18.2. The molecule has 1 aromatic carbocycles. The van der Waals surface area contributed by atoms with Gasteiger partial charge in [-0.15, -0.1) is 0 Å². The van der Waals surface area contributed by atoms with Gasteiger partial charge in [0.1, 0.15) is 11.4 Å². The highest BCUT2D eigenvalue weighted by atomic mass is 16.1. The number of hydrogen-bond donors (Lipinski definition) is 0. The van der Waals surface area contributed by atoms with Gasteiger partial charge < -0.3 is 0 Å². The van der Waals surface area contributed by atoms with Gasteiger partial charge in [0.2, 0.25) is 0 Å². The van der Waals surface area contributed by atoms with Gasteiger partial charge in [-0.05, 0) is 25.0 Å². The van der Waals surface area contributed by atoms with Crippen molar-refractivity contribution in [3.8, 4) is 0 Å². The second-order valence-corrected chi connectivity index (χ2v) is 6.66. The van der Waals surface area contributed by atoms with Crippen molar-refractivity contribution in [1.29, 1.82) is 0 Å². The van der Waals surface area contributed by atoms with E-state index in [2.05, 4.69) is 23.8 Å². The summed E-state index contributed by atoms with van der Waals surface area (Å²) in [5.74, 6) is 0.113. The maximum Gasteiger partial charge on any atom is 0.181 e. The van der Waals surface area contributed by atoms with Crippen LogP contribution in [0.4, 0.5) is 0 Å². The second-order valence-electron chi connectivity index (χ2n) is 6.66. The first-order chi connectivity index (χ1) is 12.6. The Morgan fingerprint density at radius 3 is 1.46 bits per heavy atom. The molecule has 0 aliphatic rings. The number of nitrogens with zero attached hydrogens (tertiary/aromatic N) is 2. The molecule has 2 heterocycles. The minimum atomic E-state index is 0.0564. The number of hydrogen-bond acceptors (Lipinski definition) is 4. The smallest absolute Gasteiger partial charge is 0.181 e. The van der Waals surface area contributed by atoms with E-state index in [1.807, 2.05) is 24.3 Å². The number of ketones is 2. The van der Waals surface area contributed by atoms with Gasteiger partial charge in [0, 0.05) is 23.6 Å². The largest absolute Gasteiger partial charge is 0.292 e. The van der Waals surface area contributed by atoms with Gasteiger partial charge in [0.25, 0.3) is 0 Å². The molecule has 0 aliphatic carbocycles. The molecule has 4 nitrogen and oxygen atoms in total. The maximum absolute atomic E-state index is 12.3. The molecule has 0 saturated heterocycles. The lowest BCUT2D eigenvalue weighted by Crippen LogP contribution is -2.04. The summed E-state index contributed by atoms with van der Waals surface area (Å²) in [6.07, 6.45) is 4.70. The zero-order valence-corrected chi connectivity index (χ0v) is 15.4. The normalized spacial score (nSPS) is 11.2. The Hall–Kier alpha value is -2.62. The van der Waals surface area contributed by atoms with Crippen LogP contribution in [-0.2, 0) is 0 Å². The van der Waals surface area contributed by atoms with Crippen molar-refractivity contribution in [1.82, 2.24) is 9.97 Å². The SMILES string of the molecule is CCCCC(=O)c1ccc2ccc3ccc(C(=O)CCCC)nc3c2n1. The number of unbranched alkanes of at least 4 members (excludes halogenated alkanes) is 2. The minimum Gasteiger partial charge on any atom is -0.292 e. The standard InChI is InChI=1S/C22H24N2O2/c1-3-5-7-19(25)17-13-11-15-9-10-16-12-14-18(20(26)8-6-4-2)24-22(16)21(15)23-17/h9-14H,3-8H2,1-2H3. The number of benzene rings is 1. The first-order valence-electron chi connectivity index (χ1n) is 9.41. The Kier molecular flexibility index (Phi) is 5.71. The molecule has 3 rings (SSSR count). The van der Waals surface area contributed by atoms with Crippen LogP contribution < -0.4 is 0 Å². The summed E-state index contributed by atoms with van der Waals surface area (Å²) in [6.45, 7) is 4.13. The summed E-state index contributed by atoms with van der Waals surface area (Å²) < 4.78 is 0. The van der Waals surface area contributed by atoms with Crippen LogP contribution in [0.1, 0.15) is 73.3 Å². The summed E-state index contributed by atoms with van der Waals surface area (Å²) in [7, 11) is 0. The average molecular weight is 348 g/mol. The quantitative estimate of drug-likeness (QED) is 0.397. The number of carbonyl (C=O) groups is 2. The van der Waals surface area contributed by atoms with Gasteiger partial charge in [0.15, 0.2) is 11.6 Å². The molecular formula is C22H24N2O2. The summed E-state index contributed by atoms with van der Waals surface area (Å²) in [5.41, 5.74) is 2.33. The van der Waals surface area contributed by atoms with Gasteiger partial charge in [-0.3, -0.25) is 9.59 Å². The lowest BCUT2D eigenvalue weighted by atomic mass is 10.1. The summed E-state index contributed by atoms with van der Waals surface area (Å²) in [6, 6.07) is 11.3. The lowest BCUT2D eigenvalue weighted by Gasteiger charge is -2.07. The fraction of sp³-hybridized carbons (Fsp3) is 0.364. The molecular weight excluding hydrogens is 324 g/mol. The second kappa shape index (κ2) is 8.17. The molecule has 134 valence electrons. The molecule has 0 saturated carbocycles. The van der Waals surface area contributed by atoms with Crippen molar-refractivity contribution in [2.75, 3.05) is 0 Å². The molecule has 0 fully saturated rings. The van der Waals surface area contributed by atoms with Crippen molar-refractivity contribution in [2.45, 2.75) is 52.4 Å². The van der Waals surface area contributed by atoms with E-state index in [-0.39, 0.29) is 11.6 Å². The number of pyridine rings is 2. The number of fused-ring (bicyclic) bond motifs is 3. The molecule has 0 atom stereocenters. The van der Waals surface area contributed by atoms with E-state index in [1.165, 1.54) is 0 Å². The van der Waals surface area contributed by atoms with Crippen molar-refractivity contribution >= 4 is 33.4 Å². The molecule has 0 unspecified atom stereocenters. The number of rotatable bonds is 8. The van der Waals surface area contributed by atoms with Gasteiger partial charge in [-0.25, -0.2) is 9.97 Å². The van der Waals surface area contributed by atoms with Crippen LogP contribution >= 0.6 is 0 Å². The lowest BCUT2D eigenvalue weighted by molar-refractivity contribution is 0.0967. The van der Waals surface area contributed by atoms with Crippen molar-refractivity contribution < 1.29 is 9.59 Å². The van der Waals surface area contributed by atoms with Gasteiger partial charge in [-0.2, -0.15) is 0 Å². The molecule has 26 heavy (non-hydrogen) atoms. The highest BCUT2D eigenvalue weighted by molar-refractivity contribution is 6.06. The van der Waals surface area contributed by atoms with Crippen LogP contribution in [0.25, 0.3) is 21.8 Å². The van der Waals surface area contributed by atoms with Crippen LogP contribution in [0.2, 0.25) is 0 Å². The monoisotopic (exact) mass is 348 g/mol. The molecule has 2 aromatic heterocycles. The highest BCUT2D eigenvalue weighted by Crippen LogP contribution is 2.24. The summed E-state index contributed by atoms with van der Waals surface area (Å²) in [5, 5.41) is 1.85. The van der Waals surface area contributed by atoms with Crippen LogP contribution in [0.3, 0.4) is 0 Å². The third-order valence-corrected chi connectivity index (χ3v) is 4.61. The van der Waals surface area contributed by atoms with Crippen LogP contribution in [0, 0.1) is 0 Å². The fourth-order valence-electron chi connectivity index (χ4n) is 3.01. The molecule has 3 aromatic rings. The van der Waals surface area contributed by atoms with Crippen molar-refractivity contribution in [3.05, 3.63) is 47.8 Å². The maximum atomic E-state index is 12.3. The molecule has 0 N–H and O–H groups in total. The Labute approximate surface area is 153 Å². The molecule has 4 heteroatoms. The van der Waals surface area contributed by atoms with Crippen molar-refractivity contribution in [2.24, 2.45) is 0 Å². The van der Waals surface area contributed by atoms with Gasteiger partial charge >= 0.3 is 0 Å². The average Bonchev–Trinajstić information content (AvgIpc) is 2.69. The number of Topliss-reactive ketones (excluding diaryl/α,β-unsaturated/α-hetero) is 2. The predicted octanol–water partition coefficient (Wildman–Crippen LogP) is 5.53. The number of aromatic nitrogens is 2. The Balaban J connectivity index is 2.06. The Bertz CT molecular complexity index is 884. The Morgan fingerprint density at radius 1 is 0.692 bits per heavy atom. The first-order valence-corrected chi connectivity index (χ1v) is 9.41.